The zero-order valence-corrected chi connectivity index (χ0v) is 11.0. The maximum absolute atomic E-state index is 13.8. The van der Waals surface area contributed by atoms with Crippen molar-refractivity contribution in [2.24, 2.45) is 0 Å². The first-order chi connectivity index (χ1) is 9.13. The van der Waals surface area contributed by atoms with Gasteiger partial charge >= 0.3 is 0 Å². The zero-order valence-electron chi connectivity index (χ0n) is 10.3. The Balaban J connectivity index is 2.29. The highest BCUT2D eigenvalue weighted by Gasteiger charge is 2.22. The monoisotopic (exact) mass is 278 g/mol. The van der Waals surface area contributed by atoms with Crippen LogP contribution in [0.2, 0.25) is 0 Å². The van der Waals surface area contributed by atoms with Gasteiger partial charge in [0.25, 0.3) is 0 Å². The van der Waals surface area contributed by atoms with Gasteiger partial charge in [-0.1, -0.05) is 30.3 Å². The second-order valence-electron chi connectivity index (χ2n) is 3.98. The van der Waals surface area contributed by atoms with Gasteiger partial charge in [-0.3, -0.25) is 4.79 Å². The van der Waals surface area contributed by atoms with Crippen LogP contribution in [-0.2, 0) is 0 Å². The SMILES string of the molecule is COc1ccc(C(=O)C(Cl)c2ccccc2)c(F)c1. The largest absolute Gasteiger partial charge is 0.497 e. The lowest BCUT2D eigenvalue weighted by Crippen LogP contribution is -2.09. The average Bonchev–Trinajstić information content (AvgIpc) is 2.46. The molecular weight excluding hydrogens is 267 g/mol. The van der Waals surface area contributed by atoms with E-state index in [1.807, 2.05) is 6.07 Å². The third-order valence-electron chi connectivity index (χ3n) is 2.76. The molecule has 0 bridgehead atoms. The van der Waals surface area contributed by atoms with Crippen LogP contribution < -0.4 is 4.74 Å². The normalized spacial score (nSPS) is 11.9. The predicted molar refractivity (Wildman–Crippen MR) is 72.3 cm³/mol. The van der Waals surface area contributed by atoms with Crippen molar-refractivity contribution in [3.05, 3.63) is 65.5 Å². The standard InChI is InChI=1S/C15H12ClFO2/c1-19-11-7-8-12(13(17)9-11)15(18)14(16)10-5-3-2-4-6-10/h2-9,14H,1H3. The van der Waals surface area contributed by atoms with Crippen LogP contribution in [-0.4, -0.2) is 12.9 Å². The number of carbonyl (C=O) groups excluding carboxylic acids is 1. The molecule has 19 heavy (non-hydrogen) atoms. The van der Waals surface area contributed by atoms with E-state index in [1.165, 1.54) is 25.3 Å². The van der Waals surface area contributed by atoms with Crippen molar-refractivity contribution in [1.29, 1.82) is 0 Å². The van der Waals surface area contributed by atoms with Crippen molar-refractivity contribution in [3.8, 4) is 5.75 Å². The van der Waals surface area contributed by atoms with Crippen LogP contribution in [0.15, 0.2) is 48.5 Å². The van der Waals surface area contributed by atoms with Gasteiger partial charge in [0.15, 0.2) is 5.78 Å². The zero-order chi connectivity index (χ0) is 13.8. The highest BCUT2D eigenvalue weighted by molar-refractivity contribution is 6.33. The molecule has 0 N–H and O–H groups in total. The maximum atomic E-state index is 13.8. The molecule has 0 saturated carbocycles. The van der Waals surface area contributed by atoms with Gasteiger partial charge in [-0.15, -0.1) is 11.6 Å². The molecule has 2 aromatic rings. The Bertz CT molecular complexity index is 584. The first-order valence-corrected chi connectivity index (χ1v) is 6.14. The molecule has 2 nitrogen and oxygen atoms in total. The lowest BCUT2D eigenvalue weighted by Gasteiger charge is -2.10. The molecule has 0 heterocycles. The Kier molecular flexibility index (Phi) is 4.17. The molecule has 0 fully saturated rings. The molecule has 0 amide bonds. The molecule has 98 valence electrons. The Morgan fingerprint density at radius 1 is 1.21 bits per heavy atom. The molecular formula is C15H12ClFO2. The summed E-state index contributed by atoms with van der Waals surface area (Å²) < 4.78 is 18.7. The summed E-state index contributed by atoms with van der Waals surface area (Å²) in [5.74, 6) is -0.737. The summed E-state index contributed by atoms with van der Waals surface area (Å²) in [5, 5.41) is -0.899. The number of ketones is 1. The van der Waals surface area contributed by atoms with Crippen LogP contribution in [0.1, 0.15) is 21.3 Å². The van der Waals surface area contributed by atoms with Crippen LogP contribution in [0.25, 0.3) is 0 Å². The highest BCUT2D eigenvalue weighted by Crippen LogP contribution is 2.27. The Labute approximate surface area is 115 Å². The number of ether oxygens (including phenoxy) is 1. The van der Waals surface area contributed by atoms with Gasteiger partial charge in [-0.2, -0.15) is 0 Å². The van der Waals surface area contributed by atoms with Crippen LogP contribution >= 0.6 is 11.6 Å². The van der Waals surface area contributed by atoms with Gasteiger partial charge < -0.3 is 4.74 Å². The van der Waals surface area contributed by atoms with Gasteiger partial charge in [0, 0.05) is 6.07 Å². The second-order valence-corrected chi connectivity index (χ2v) is 4.42. The number of carbonyl (C=O) groups is 1. The fraction of sp³-hybridized carbons (Fsp3) is 0.133. The number of hydrogen-bond acceptors (Lipinski definition) is 2. The van der Waals surface area contributed by atoms with Crippen molar-refractivity contribution < 1.29 is 13.9 Å². The van der Waals surface area contributed by atoms with Gasteiger partial charge in [-0.05, 0) is 17.7 Å². The Morgan fingerprint density at radius 2 is 1.89 bits per heavy atom. The summed E-state index contributed by atoms with van der Waals surface area (Å²) in [6.07, 6.45) is 0. The van der Waals surface area contributed by atoms with E-state index in [0.717, 1.165) is 0 Å². The number of Topliss-reactive ketones (excluding diaryl/α,β-unsaturated/α-hetero) is 1. The maximum Gasteiger partial charge on any atom is 0.188 e. The van der Waals surface area contributed by atoms with E-state index in [9.17, 15) is 9.18 Å². The quantitative estimate of drug-likeness (QED) is 0.624. The molecule has 0 spiro atoms. The van der Waals surface area contributed by atoms with Gasteiger partial charge in [0.1, 0.15) is 16.9 Å². The number of halogens is 2. The smallest absolute Gasteiger partial charge is 0.188 e. The number of benzene rings is 2. The Hall–Kier alpha value is -1.87. The lowest BCUT2D eigenvalue weighted by molar-refractivity contribution is 0.0983. The molecule has 1 unspecified atom stereocenters. The van der Waals surface area contributed by atoms with Crippen LogP contribution in [0, 0.1) is 5.82 Å². The van der Waals surface area contributed by atoms with E-state index < -0.39 is 17.0 Å². The molecule has 0 aromatic heterocycles. The van der Waals surface area contributed by atoms with E-state index in [-0.39, 0.29) is 5.56 Å². The molecule has 0 saturated heterocycles. The number of hydrogen-bond donors (Lipinski definition) is 0. The van der Waals surface area contributed by atoms with Crippen molar-refractivity contribution in [2.45, 2.75) is 5.38 Å². The van der Waals surface area contributed by atoms with Crippen LogP contribution in [0.3, 0.4) is 0 Å². The van der Waals surface area contributed by atoms with Gasteiger partial charge in [0.05, 0.1) is 12.7 Å². The molecule has 2 aromatic carbocycles. The summed E-state index contributed by atoms with van der Waals surface area (Å²) in [7, 11) is 1.44. The minimum Gasteiger partial charge on any atom is -0.497 e. The highest BCUT2D eigenvalue weighted by atomic mass is 35.5. The summed E-state index contributed by atoms with van der Waals surface area (Å²) >= 11 is 6.09. The molecule has 0 radical (unpaired) electrons. The van der Waals surface area contributed by atoms with E-state index in [2.05, 4.69) is 0 Å². The van der Waals surface area contributed by atoms with Crippen molar-refractivity contribution in [3.63, 3.8) is 0 Å². The number of rotatable bonds is 4. The van der Waals surface area contributed by atoms with Crippen LogP contribution in [0.4, 0.5) is 4.39 Å². The summed E-state index contributed by atoms with van der Waals surface area (Å²) in [6, 6.07) is 12.9. The number of alkyl halides is 1. The molecule has 0 aliphatic carbocycles. The molecule has 0 aliphatic rings. The second kappa shape index (κ2) is 5.85. The van der Waals surface area contributed by atoms with E-state index in [0.29, 0.717) is 11.3 Å². The van der Waals surface area contributed by atoms with Crippen molar-refractivity contribution >= 4 is 17.4 Å². The predicted octanol–water partition coefficient (Wildman–Crippen LogP) is 4.00. The van der Waals surface area contributed by atoms with E-state index in [1.54, 1.807) is 24.3 Å². The minimum absolute atomic E-state index is 0.0374. The average molecular weight is 279 g/mol. The summed E-state index contributed by atoms with van der Waals surface area (Å²) in [6.45, 7) is 0. The topological polar surface area (TPSA) is 26.3 Å². The molecule has 0 aliphatic heterocycles. The molecule has 2 rings (SSSR count). The van der Waals surface area contributed by atoms with Gasteiger partial charge in [0.2, 0.25) is 0 Å². The fourth-order valence-electron chi connectivity index (χ4n) is 1.73. The van der Waals surface area contributed by atoms with Gasteiger partial charge in [-0.25, -0.2) is 4.39 Å². The third kappa shape index (κ3) is 2.93. The van der Waals surface area contributed by atoms with Crippen molar-refractivity contribution in [1.82, 2.24) is 0 Å². The van der Waals surface area contributed by atoms with Crippen LogP contribution in [0.5, 0.6) is 5.75 Å². The van der Waals surface area contributed by atoms with E-state index in [4.69, 9.17) is 16.3 Å². The lowest BCUT2D eigenvalue weighted by atomic mass is 10.0. The number of methoxy groups -OCH3 is 1. The molecule has 1 atom stereocenters. The summed E-state index contributed by atoms with van der Waals surface area (Å²) in [4.78, 5) is 12.2. The minimum atomic E-state index is -0.899. The fourth-order valence-corrected chi connectivity index (χ4v) is 2.00. The summed E-state index contributed by atoms with van der Waals surface area (Å²) in [5.41, 5.74) is 0.606. The molecule has 4 heteroatoms. The first kappa shape index (κ1) is 13.6. The Morgan fingerprint density at radius 3 is 2.47 bits per heavy atom. The van der Waals surface area contributed by atoms with E-state index >= 15 is 0 Å². The van der Waals surface area contributed by atoms with Crippen molar-refractivity contribution in [2.75, 3.05) is 7.11 Å². The third-order valence-corrected chi connectivity index (χ3v) is 3.21. The first-order valence-electron chi connectivity index (χ1n) is 5.70.